The van der Waals surface area contributed by atoms with Gasteiger partial charge in [-0.1, -0.05) is 48.0 Å². The van der Waals surface area contributed by atoms with E-state index < -0.39 is 6.04 Å². The van der Waals surface area contributed by atoms with E-state index in [1.165, 1.54) is 0 Å². The van der Waals surface area contributed by atoms with E-state index in [9.17, 15) is 9.59 Å². The first-order valence-corrected chi connectivity index (χ1v) is 11.8. The first kappa shape index (κ1) is 24.4. The second-order valence-electron chi connectivity index (χ2n) is 8.58. The number of hydrogen-bond acceptors (Lipinski definition) is 4. The summed E-state index contributed by atoms with van der Waals surface area (Å²) in [5.74, 6) is 0.486. The number of fused-ring (bicyclic) bond motifs is 1. The van der Waals surface area contributed by atoms with Gasteiger partial charge < -0.3 is 15.1 Å². The molecule has 8 heteroatoms. The average molecular weight is 490 g/mol. The molecule has 0 spiro atoms. The largest absolute Gasteiger partial charge is 0.322 e. The number of urea groups is 1. The van der Waals surface area contributed by atoms with Crippen molar-refractivity contribution in [2.24, 2.45) is 0 Å². The minimum Gasteiger partial charge on any atom is -0.313 e. The van der Waals surface area contributed by atoms with Crippen LogP contribution in [0, 0.1) is 0 Å². The van der Waals surface area contributed by atoms with E-state index in [1.54, 1.807) is 39.8 Å². The molecular weight excluding hydrogens is 462 g/mol. The van der Waals surface area contributed by atoms with Crippen molar-refractivity contribution in [3.63, 3.8) is 0 Å². The van der Waals surface area contributed by atoms with Crippen LogP contribution in [0.3, 0.4) is 0 Å². The second kappa shape index (κ2) is 10.7. The van der Waals surface area contributed by atoms with Crippen molar-refractivity contribution in [3.8, 4) is 5.69 Å². The molecule has 1 heterocycles. The Hall–Kier alpha value is -3.68. The van der Waals surface area contributed by atoms with E-state index in [-0.39, 0.29) is 11.6 Å². The SMILES string of the molecule is CC(c1nc2ccccc2c(=O)n1-c1ccccc1)N(CCN(C)C)C(=O)Nc1cccc(Cl)c1. The number of hydrogen-bond donors (Lipinski definition) is 1. The van der Waals surface area contributed by atoms with Crippen LogP contribution in [-0.2, 0) is 0 Å². The number of nitrogens with zero attached hydrogens (tertiary/aromatic N) is 4. The Bertz CT molecular complexity index is 1390. The van der Waals surface area contributed by atoms with Crippen LogP contribution in [0.15, 0.2) is 83.7 Å². The fourth-order valence-electron chi connectivity index (χ4n) is 3.94. The van der Waals surface area contributed by atoms with Crippen LogP contribution in [0.2, 0.25) is 5.02 Å². The number of halogens is 1. The van der Waals surface area contributed by atoms with E-state index >= 15 is 0 Å². The molecule has 0 saturated heterocycles. The maximum absolute atomic E-state index is 13.6. The van der Waals surface area contributed by atoms with Gasteiger partial charge in [-0.2, -0.15) is 0 Å². The average Bonchev–Trinajstić information content (AvgIpc) is 2.84. The highest BCUT2D eigenvalue weighted by Gasteiger charge is 2.27. The molecule has 1 atom stereocenters. The van der Waals surface area contributed by atoms with Crippen molar-refractivity contribution in [2.45, 2.75) is 13.0 Å². The Balaban J connectivity index is 1.81. The third-order valence-corrected chi connectivity index (χ3v) is 6.02. The summed E-state index contributed by atoms with van der Waals surface area (Å²) in [7, 11) is 3.90. The Labute approximate surface area is 209 Å². The lowest BCUT2D eigenvalue weighted by Gasteiger charge is -2.31. The minimum absolute atomic E-state index is 0.175. The quantitative estimate of drug-likeness (QED) is 0.387. The summed E-state index contributed by atoms with van der Waals surface area (Å²) in [5, 5.41) is 3.99. The maximum Gasteiger partial charge on any atom is 0.322 e. The van der Waals surface area contributed by atoms with Gasteiger partial charge >= 0.3 is 6.03 Å². The Kier molecular flexibility index (Phi) is 7.48. The van der Waals surface area contributed by atoms with Gasteiger partial charge in [0, 0.05) is 23.8 Å². The monoisotopic (exact) mass is 489 g/mol. The summed E-state index contributed by atoms with van der Waals surface area (Å²) in [5.41, 5.74) is 1.71. The zero-order chi connectivity index (χ0) is 24.9. The smallest absolute Gasteiger partial charge is 0.313 e. The number of para-hydroxylation sites is 2. The first-order valence-electron chi connectivity index (χ1n) is 11.4. The molecular formula is C27H28ClN5O2. The summed E-state index contributed by atoms with van der Waals surface area (Å²) in [6.45, 7) is 2.96. The van der Waals surface area contributed by atoms with Crippen LogP contribution in [0.4, 0.5) is 10.5 Å². The van der Waals surface area contributed by atoms with E-state index in [0.29, 0.717) is 46.2 Å². The predicted octanol–water partition coefficient (Wildman–Crippen LogP) is 5.20. The van der Waals surface area contributed by atoms with Crippen LogP contribution < -0.4 is 10.9 Å². The second-order valence-corrected chi connectivity index (χ2v) is 9.01. The molecule has 0 aliphatic heterocycles. The predicted molar refractivity (Wildman–Crippen MR) is 141 cm³/mol. The summed E-state index contributed by atoms with van der Waals surface area (Å²) >= 11 is 6.11. The van der Waals surface area contributed by atoms with Crippen LogP contribution in [0.1, 0.15) is 18.8 Å². The highest BCUT2D eigenvalue weighted by molar-refractivity contribution is 6.30. The summed E-state index contributed by atoms with van der Waals surface area (Å²) in [6, 6.07) is 22.9. The minimum atomic E-state index is -0.508. The van der Waals surface area contributed by atoms with Crippen molar-refractivity contribution < 1.29 is 4.79 Å². The van der Waals surface area contributed by atoms with Gasteiger partial charge in [-0.3, -0.25) is 9.36 Å². The Morgan fingerprint density at radius 1 is 1.00 bits per heavy atom. The van der Waals surface area contributed by atoms with Gasteiger partial charge in [0.1, 0.15) is 5.82 Å². The lowest BCUT2D eigenvalue weighted by atomic mass is 10.2. The molecule has 0 fully saturated rings. The number of benzene rings is 3. The molecule has 1 aromatic heterocycles. The lowest BCUT2D eigenvalue weighted by Crippen LogP contribution is -2.43. The molecule has 1 N–H and O–H groups in total. The van der Waals surface area contributed by atoms with Gasteiger partial charge in [0.2, 0.25) is 0 Å². The first-order chi connectivity index (χ1) is 16.8. The molecule has 180 valence electrons. The molecule has 35 heavy (non-hydrogen) atoms. The van der Waals surface area contributed by atoms with E-state index in [0.717, 1.165) is 0 Å². The highest BCUT2D eigenvalue weighted by atomic mass is 35.5. The molecule has 7 nitrogen and oxygen atoms in total. The molecule has 4 aromatic rings. The van der Waals surface area contributed by atoms with Crippen molar-refractivity contribution >= 4 is 34.2 Å². The third-order valence-electron chi connectivity index (χ3n) is 5.78. The van der Waals surface area contributed by atoms with E-state index in [4.69, 9.17) is 16.6 Å². The fraction of sp³-hybridized carbons (Fsp3) is 0.222. The maximum atomic E-state index is 13.6. The summed E-state index contributed by atoms with van der Waals surface area (Å²) < 4.78 is 1.60. The summed E-state index contributed by atoms with van der Waals surface area (Å²) in [4.78, 5) is 35.7. The van der Waals surface area contributed by atoms with Crippen LogP contribution in [0.5, 0.6) is 0 Å². The zero-order valence-corrected chi connectivity index (χ0v) is 20.7. The molecule has 0 saturated carbocycles. The number of amides is 2. The van der Waals surface area contributed by atoms with Gasteiger partial charge in [0.25, 0.3) is 5.56 Å². The molecule has 0 aliphatic rings. The van der Waals surface area contributed by atoms with Crippen molar-refractivity contribution in [3.05, 3.63) is 100 Å². The van der Waals surface area contributed by atoms with Gasteiger partial charge in [0.15, 0.2) is 0 Å². The molecule has 3 aromatic carbocycles. The lowest BCUT2D eigenvalue weighted by molar-refractivity contribution is 0.181. The summed E-state index contributed by atoms with van der Waals surface area (Å²) in [6.07, 6.45) is 0. The third kappa shape index (κ3) is 5.53. The van der Waals surface area contributed by atoms with Crippen LogP contribution >= 0.6 is 11.6 Å². The van der Waals surface area contributed by atoms with Gasteiger partial charge in [-0.05, 0) is 63.5 Å². The molecule has 0 radical (unpaired) electrons. The van der Waals surface area contributed by atoms with Crippen LogP contribution in [-0.4, -0.2) is 52.6 Å². The van der Waals surface area contributed by atoms with Gasteiger partial charge in [-0.15, -0.1) is 0 Å². The Morgan fingerprint density at radius 2 is 1.71 bits per heavy atom. The highest BCUT2D eigenvalue weighted by Crippen LogP contribution is 2.24. The van der Waals surface area contributed by atoms with Crippen LogP contribution in [0.25, 0.3) is 16.6 Å². The number of rotatable bonds is 7. The zero-order valence-electron chi connectivity index (χ0n) is 20.0. The number of carbonyl (C=O) groups is 1. The number of anilines is 1. The van der Waals surface area contributed by atoms with Crippen molar-refractivity contribution in [1.29, 1.82) is 0 Å². The molecule has 4 rings (SSSR count). The standard InChI is InChI=1S/C27H28ClN5O2/c1-19(32(17-16-31(2)3)27(35)29-21-11-9-10-20(28)18-21)25-30-24-15-8-7-14-23(24)26(34)33(25)22-12-5-4-6-13-22/h4-15,18-19H,16-17H2,1-3H3,(H,29,35). The molecule has 2 amide bonds. The fourth-order valence-corrected chi connectivity index (χ4v) is 4.13. The normalized spacial score (nSPS) is 12.0. The van der Waals surface area contributed by atoms with Crippen molar-refractivity contribution in [2.75, 3.05) is 32.5 Å². The number of nitrogens with one attached hydrogen (secondary N) is 1. The molecule has 1 unspecified atom stereocenters. The van der Waals surface area contributed by atoms with Crippen molar-refractivity contribution in [1.82, 2.24) is 19.4 Å². The number of aromatic nitrogens is 2. The number of likely N-dealkylation sites (N-methyl/N-ethyl adjacent to an activating group) is 1. The van der Waals surface area contributed by atoms with E-state index in [2.05, 4.69) is 5.32 Å². The van der Waals surface area contributed by atoms with Gasteiger partial charge in [-0.25, -0.2) is 9.78 Å². The Morgan fingerprint density at radius 3 is 2.43 bits per heavy atom. The number of carbonyl (C=O) groups excluding carboxylic acids is 1. The van der Waals surface area contributed by atoms with Gasteiger partial charge in [0.05, 0.1) is 22.6 Å². The molecule has 0 bridgehead atoms. The van der Waals surface area contributed by atoms with E-state index in [1.807, 2.05) is 74.4 Å². The molecule has 0 aliphatic carbocycles. The topological polar surface area (TPSA) is 70.5 Å².